The fourth-order valence-electron chi connectivity index (χ4n) is 4.52. The summed E-state index contributed by atoms with van der Waals surface area (Å²) in [6, 6.07) is 19.9. The number of methoxy groups -OCH3 is 3. The lowest BCUT2D eigenvalue weighted by molar-refractivity contribution is -0.403. The Morgan fingerprint density at radius 2 is 0.644 bits per heavy atom. The molecule has 4 rings (SSSR count). The fourth-order valence-corrected chi connectivity index (χ4v) is 4.52. The van der Waals surface area contributed by atoms with Crippen molar-refractivity contribution in [2.45, 2.75) is 0 Å². The molecule has 0 heterocycles. The van der Waals surface area contributed by atoms with E-state index in [4.69, 9.17) is 14.2 Å². The summed E-state index contributed by atoms with van der Waals surface area (Å²) in [5.41, 5.74) is -1.91. The van der Waals surface area contributed by atoms with Crippen LogP contribution in [0.2, 0.25) is 0 Å². The summed E-state index contributed by atoms with van der Waals surface area (Å²) in [7, 11) is 4.49. The van der Waals surface area contributed by atoms with Gasteiger partial charge >= 0.3 is 0 Å². The van der Waals surface area contributed by atoms with Gasteiger partial charge in [-0.25, -0.2) is 0 Å². The third-order valence-corrected chi connectivity index (χ3v) is 6.75. The number of hydrogen-bond donors (Lipinski definition) is 0. The zero-order chi connectivity index (χ0) is 32.5. The van der Waals surface area contributed by atoms with E-state index in [1.807, 2.05) is 0 Å². The highest BCUT2D eigenvalue weighted by atomic mass is 16.6. The Labute approximate surface area is 257 Å². The molecule has 0 saturated carbocycles. The summed E-state index contributed by atoms with van der Waals surface area (Å²) in [5, 5.41) is 37.7. The summed E-state index contributed by atoms with van der Waals surface area (Å²) in [5.74, 6) is 1.70. The molecule has 0 bridgehead atoms. The molecule has 12 heteroatoms. The van der Waals surface area contributed by atoms with E-state index in [1.165, 1.54) is 57.8 Å². The molecule has 0 fully saturated rings. The summed E-state index contributed by atoms with van der Waals surface area (Å²) in [4.78, 5) is 35.1. The lowest BCUT2D eigenvalue weighted by atomic mass is 9.94. The molecule has 0 saturated heterocycles. The largest absolute Gasteiger partial charge is 0.497 e. The molecule has 0 N–H and O–H groups in total. The monoisotopic (exact) mass is 609 g/mol. The topological polar surface area (TPSA) is 157 Å². The second kappa shape index (κ2) is 14.2. The first-order valence-electron chi connectivity index (χ1n) is 13.3. The normalized spacial score (nSPS) is 11.3. The van der Waals surface area contributed by atoms with Crippen LogP contribution in [0.5, 0.6) is 17.2 Å². The highest BCUT2D eigenvalue weighted by Gasteiger charge is 2.39. The van der Waals surface area contributed by atoms with Crippen molar-refractivity contribution in [1.29, 1.82) is 0 Å². The number of benzene rings is 4. The number of rotatable bonds is 12. The zero-order valence-corrected chi connectivity index (χ0v) is 24.4. The van der Waals surface area contributed by atoms with Gasteiger partial charge in [0, 0.05) is 0 Å². The van der Waals surface area contributed by atoms with E-state index in [-0.39, 0.29) is 0 Å². The molecule has 0 aliphatic rings. The molecule has 0 atom stereocenters. The standard InChI is InChI=1S/C33H27N3O9/c1-43-25-13-4-22(5-14-25)10-19-28-31(34(37)38)29(20-11-23-6-15-26(44-2)16-7-23)33(36(41)42)30(32(28)35(39)40)21-12-24-8-17-27(45-3)18-9-24/h4-21H,1-3H3/b19-10+,20-11+,21-12+. The van der Waals surface area contributed by atoms with Gasteiger partial charge in [-0.1, -0.05) is 54.6 Å². The molecular weight excluding hydrogens is 582 g/mol. The van der Waals surface area contributed by atoms with Crippen LogP contribution in [0.4, 0.5) is 17.1 Å². The molecule has 0 aliphatic heterocycles. The number of nitro benzene ring substituents is 3. The molecule has 0 amide bonds. The van der Waals surface area contributed by atoms with Crippen molar-refractivity contribution < 1.29 is 29.0 Å². The third kappa shape index (κ3) is 7.38. The highest BCUT2D eigenvalue weighted by Crippen LogP contribution is 2.45. The van der Waals surface area contributed by atoms with Crippen LogP contribution in [-0.4, -0.2) is 36.1 Å². The first-order chi connectivity index (χ1) is 21.7. The minimum Gasteiger partial charge on any atom is -0.497 e. The zero-order valence-electron chi connectivity index (χ0n) is 24.4. The Bertz CT molecular complexity index is 1580. The van der Waals surface area contributed by atoms with Crippen LogP contribution in [-0.2, 0) is 0 Å². The average Bonchev–Trinajstić information content (AvgIpc) is 3.05. The molecule has 0 aliphatic carbocycles. The van der Waals surface area contributed by atoms with Gasteiger partial charge < -0.3 is 14.2 Å². The van der Waals surface area contributed by atoms with Gasteiger partial charge in [0.1, 0.15) is 33.9 Å². The predicted octanol–water partition coefficient (Wildman–Crippen LogP) is 7.95. The van der Waals surface area contributed by atoms with Gasteiger partial charge in [-0.2, -0.15) is 0 Å². The minimum atomic E-state index is -0.849. The summed E-state index contributed by atoms with van der Waals surface area (Å²) < 4.78 is 15.5. The number of nitro groups is 3. The lowest BCUT2D eigenvalue weighted by Crippen LogP contribution is -2.07. The smallest absolute Gasteiger partial charge is 0.297 e. The van der Waals surface area contributed by atoms with E-state index in [0.717, 1.165) is 0 Å². The molecule has 0 aromatic heterocycles. The summed E-state index contributed by atoms with van der Waals surface area (Å²) in [6.07, 6.45) is 8.02. The Morgan fingerprint density at radius 1 is 0.422 bits per heavy atom. The number of hydrogen-bond acceptors (Lipinski definition) is 9. The van der Waals surface area contributed by atoms with Crippen LogP contribution in [0, 0.1) is 30.3 Å². The first-order valence-corrected chi connectivity index (χ1v) is 13.3. The van der Waals surface area contributed by atoms with E-state index in [9.17, 15) is 30.3 Å². The Hall–Kier alpha value is -6.30. The Balaban J connectivity index is 2.04. The van der Waals surface area contributed by atoms with Crippen molar-refractivity contribution >= 4 is 53.5 Å². The van der Waals surface area contributed by atoms with Gasteiger partial charge in [-0.15, -0.1) is 0 Å². The molecule has 0 radical (unpaired) electrons. The molecule has 4 aromatic rings. The lowest BCUT2D eigenvalue weighted by Gasteiger charge is -2.10. The molecule has 0 unspecified atom stereocenters. The van der Waals surface area contributed by atoms with Crippen LogP contribution in [0.15, 0.2) is 72.8 Å². The molecule has 4 aromatic carbocycles. The molecule has 0 spiro atoms. The highest BCUT2D eigenvalue weighted by molar-refractivity contribution is 5.96. The third-order valence-electron chi connectivity index (χ3n) is 6.75. The molecule has 228 valence electrons. The van der Waals surface area contributed by atoms with Crippen molar-refractivity contribution in [1.82, 2.24) is 0 Å². The van der Waals surface area contributed by atoms with Gasteiger partial charge in [-0.05, 0) is 71.3 Å². The van der Waals surface area contributed by atoms with Gasteiger partial charge in [0.2, 0.25) is 0 Å². The maximum atomic E-state index is 12.6. The van der Waals surface area contributed by atoms with Gasteiger partial charge in [-0.3, -0.25) is 30.3 Å². The number of nitrogens with zero attached hydrogens (tertiary/aromatic N) is 3. The summed E-state index contributed by atoms with van der Waals surface area (Å²) in [6.45, 7) is 0. The van der Waals surface area contributed by atoms with Crippen molar-refractivity contribution in [3.05, 3.63) is 137 Å². The van der Waals surface area contributed by atoms with E-state index < -0.39 is 48.5 Å². The average molecular weight is 610 g/mol. The molecular formula is C33H27N3O9. The van der Waals surface area contributed by atoms with Crippen LogP contribution in [0.1, 0.15) is 33.4 Å². The van der Waals surface area contributed by atoms with Crippen molar-refractivity contribution in [3.63, 3.8) is 0 Å². The maximum absolute atomic E-state index is 12.6. The van der Waals surface area contributed by atoms with E-state index in [1.54, 1.807) is 72.8 Å². The minimum absolute atomic E-state index is 0.407. The molecule has 45 heavy (non-hydrogen) atoms. The van der Waals surface area contributed by atoms with E-state index in [2.05, 4.69) is 0 Å². The molecule has 12 nitrogen and oxygen atoms in total. The second-order valence-electron chi connectivity index (χ2n) is 9.38. The maximum Gasteiger partial charge on any atom is 0.297 e. The van der Waals surface area contributed by atoms with Crippen molar-refractivity contribution in [2.24, 2.45) is 0 Å². The Morgan fingerprint density at radius 3 is 0.822 bits per heavy atom. The van der Waals surface area contributed by atoms with Crippen LogP contribution >= 0.6 is 0 Å². The van der Waals surface area contributed by atoms with Crippen molar-refractivity contribution in [2.75, 3.05) is 21.3 Å². The van der Waals surface area contributed by atoms with Crippen LogP contribution in [0.3, 0.4) is 0 Å². The SMILES string of the molecule is COc1ccc(/C=C/c2c([N+](=O)[O-])c(/C=C/c3ccc(OC)cc3)c([N+](=O)[O-])c(/C=C/c3ccc(OC)cc3)c2[N+](=O)[O-])cc1. The van der Waals surface area contributed by atoms with Crippen LogP contribution < -0.4 is 14.2 Å². The second-order valence-corrected chi connectivity index (χ2v) is 9.38. The van der Waals surface area contributed by atoms with Crippen LogP contribution in [0.25, 0.3) is 36.5 Å². The predicted molar refractivity (Wildman–Crippen MR) is 172 cm³/mol. The van der Waals surface area contributed by atoms with E-state index in [0.29, 0.717) is 33.9 Å². The summed E-state index contributed by atoms with van der Waals surface area (Å²) >= 11 is 0. The first kappa shape index (κ1) is 31.6. The van der Waals surface area contributed by atoms with Crippen molar-refractivity contribution in [3.8, 4) is 17.2 Å². The van der Waals surface area contributed by atoms with Gasteiger partial charge in [0.05, 0.1) is 36.1 Å². The Kier molecular flexibility index (Phi) is 10.0. The number of ether oxygens (including phenoxy) is 3. The van der Waals surface area contributed by atoms with Gasteiger partial charge in [0.15, 0.2) is 0 Å². The van der Waals surface area contributed by atoms with E-state index >= 15 is 0 Å². The quantitative estimate of drug-likeness (QED) is 0.0883. The fraction of sp³-hybridized carbons (Fsp3) is 0.0909. The van der Waals surface area contributed by atoms with Gasteiger partial charge in [0.25, 0.3) is 17.1 Å².